The van der Waals surface area contributed by atoms with Gasteiger partial charge in [-0.2, -0.15) is 0 Å². The first kappa shape index (κ1) is 42.7. The van der Waals surface area contributed by atoms with Crippen LogP contribution in [0.1, 0.15) is 55.7 Å². The monoisotopic (exact) mass is 837 g/mol. The fraction of sp³-hybridized carbons (Fsp3) is 0.415. The fourth-order valence-electron chi connectivity index (χ4n) is 7.16. The number of fused-ring (bicyclic) bond motifs is 3. The van der Waals surface area contributed by atoms with Crippen molar-refractivity contribution in [2.24, 2.45) is 0 Å². The number of alkyl halides is 1. The van der Waals surface area contributed by atoms with Crippen LogP contribution in [0.15, 0.2) is 66.7 Å². The zero-order valence-electron chi connectivity index (χ0n) is 32.4. The highest BCUT2D eigenvalue weighted by atomic mass is 35.5. The number of nitrogens with one attached hydrogen (secondary N) is 2. The lowest BCUT2D eigenvalue weighted by molar-refractivity contribution is -0.279. The summed E-state index contributed by atoms with van der Waals surface area (Å²) in [5, 5.41) is 16.5. The van der Waals surface area contributed by atoms with E-state index in [4.69, 9.17) is 44.8 Å². The molecule has 6 rings (SSSR count). The highest BCUT2D eigenvalue weighted by Gasteiger charge is 2.53. The second-order valence-electron chi connectivity index (χ2n) is 13.9. The van der Waals surface area contributed by atoms with E-state index in [1.807, 2.05) is 48.5 Å². The topological polar surface area (TPSA) is 215 Å². The number of amides is 3. The number of rotatable bonds is 13. The van der Waals surface area contributed by atoms with Crippen LogP contribution in [0.3, 0.4) is 0 Å². The van der Waals surface area contributed by atoms with Gasteiger partial charge < -0.3 is 48.9 Å². The third-order valence-electron chi connectivity index (χ3n) is 9.86. The van der Waals surface area contributed by atoms with Crippen LogP contribution in [0, 0.1) is 0 Å². The number of hydrogen-bond acceptors (Lipinski definition) is 14. The molecule has 3 aromatic carbocycles. The molecule has 3 aliphatic rings. The predicted molar refractivity (Wildman–Crippen MR) is 207 cm³/mol. The van der Waals surface area contributed by atoms with E-state index in [2.05, 4.69) is 10.6 Å². The number of aliphatic hydroxyl groups excluding tert-OH is 1. The summed E-state index contributed by atoms with van der Waals surface area (Å²) in [5.41, 5.74) is 4.18. The van der Waals surface area contributed by atoms with Gasteiger partial charge in [0.2, 0.25) is 12.2 Å². The SMILES string of the molecule is COC(=O)[C@H]1O[C@@H](Oc2ccc(COC(=O)N3CCCC3Cl)cc2NC(=O)CCNC(=O)OCC2c3ccccc3-c3ccccc32)[C@H](OC(C)=O)[C@@H](O)[C@@H]1OC(C)=O. The Morgan fingerprint density at radius 3 is 2.19 bits per heavy atom. The molecule has 59 heavy (non-hydrogen) atoms. The molecule has 2 aliphatic heterocycles. The number of alkyl carbamates (subject to hydrolysis) is 1. The van der Waals surface area contributed by atoms with E-state index < -0.39 is 72.2 Å². The Hall–Kier alpha value is -5.91. The van der Waals surface area contributed by atoms with Gasteiger partial charge >= 0.3 is 30.1 Å². The van der Waals surface area contributed by atoms with Crippen molar-refractivity contribution in [2.75, 3.05) is 32.1 Å². The van der Waals surface area contributed by atoms with E-state index in [0.29, 0.717) is 18.5 Å². The van der Waals surface area contributed by atoms with Crippen LogP contribution >= 0.6 is 11.6 Å². The molecule has 2 fully saturated rings. The minimum Gasteiger partial charge on any atom is -0.467 e. The Balaban J connectivity index is 1.14. The van der Waals surface area contributed by atoms with Crippen LogP contribution in [-0.4, -0.2) is 109 Å². The molecular weight excluding hydrogens is 794 g/mol. The Morgan fingerprint density at radius 1 is 0.898 bits per heavy atom. The molecule has 0 spiro atoms. The Bertz CT molecular complexity index is 2020. The van der Waals surface area contributed by atoms with Crippen LogP contribution < -0.4 is 15.4 Å². The zero-order valence-corrected chi connectivity index (χ0v) is 33.2. The van der Waals surface area contributed by atoms with Gasteiger partial charge in [0.15, 0.2) is 18.3 Å². The van der Waals surface area contributed by atoms with Crippen molar-refractivity contribution in [1.82, 2.24) is 10.2 Å². The number of anilines is 1. The third kappa shape index (κ3) is 10.2. The lowest BCUT2D eigenvalue weighted by Gasteiger charge is -2.41. The number of benzene rings is 3. The van der Waals surface area contributed by atoms with Crippen LogP contribution in [-0.2, 0) is 54.2 Å². The van der Waals surface area contributed by atoms with Crippen LogP contribution in [0.4, 0.5) is 15.3 Å². The fourth-order valence-corrected chi connectivity index (χ4v) is 7.49. The zero-order chi connectivity index (χ0) is 42.2. The summed E-state index contributed by atoms with van der Waals surface area (Å²) in [6, 6.07) is 20.2. The Morgan fingerprint density at radius 2 is 1.56 bits per heavy atom. The maximum absolute atomic E-state index is 13.3. The quantitative estimate of drug-likeness (QED) is 0.0945. The third-order valence-corrected chi connectivity index (χ3v) is 10.3. The molecule has 2 saturated heterocycles. The molecule has 0 aromatic heterocycles. The molecule has 6 atom stereocenters. The number of aliphatic hydroxyl groups is 1. The van der Waals surface area contributed by atoms with Gasteiger partial charge in [0, 0.05) is 39.3 Å². The molecule has 18 heteroatoms. The van der Waals surface area contributed by atoms with Crippen LogP contribution in [0.2, 0.25) is 0 Å². The molecule has 314 valence electrons. The van der Waals surface area contributed by atoms with Crippen molar-refractivity contribution in [3.63, 3.8) is 0 Å². The van der Waals surface area contributed by atoms with Crippen molar-refractivity contribution < 1.29 is 67.0 Å². The number of carbonyl (C=O) groups is 6. The van der Waals surface area contributed by atoms with Gasteiger partial charge in [-0.3, -0.25) is 19.3 Å². The first-order valence-electron chi connectivity index (χ1n) is 18.9. The number of carbonyl (C=O) groups excluding carboxylic acids is 6. The van der Waals surface area contributed by atoms with Crippen LogP contribution in [0.5, 0.6) is 5.75 Å². The Kier molecular flexibility index (Phi) is 13.9. The standard InChI is InChI=1S/C41H44ClN3O14/c1-22(46)56-35-34(49)36(57-23(2)47)39(59-37(35)38(50)53-3)58-31-15-14-24(20-55-41(52)45-18-8-13-32(45)42)19-30(31)44-33(48)16-17-43-40(51)54-21-29-27-11-6-4-9-25(27)26-10-5-7-12-28(26)29/h4-7,9-12,14-15,19,29,32,34-37,39,49H,8,13,16-18,20-21H2,1-3H3,(H,43,51)(H,44,48)/t32?,34-,35-,36+,37-,39+/m0/s1. The number of halogens is 1. The van der Waals surface area contributed by atoms with Crippen molar-refractivity contribution in [1.29, 1.82) is 0 Å². The summed E-state index contributed by atoms with van der Waals surface area (Å²) in [4.78, 5) is 76.9. The van der Waals surface area contributed by atoms with Gasteiger partial charge in [-0.15, -0.1) is 0 Å². The molecule has 1 aliphatic carbocycles. The second kappa shape index (κ2) is 19.2. The minimum absolute atomic E-state index is 0.0116. The van der Waals surface area contributed by atoms with E-state index in [9.17, 15) is 33.9 Å². The lowest BCUT2D eigenvalue weighted by Crippen LogP contribution is -2.63. The number of ether oxygens (including phenoxy) is 7. The molecule has 3 aromatic rings. The molecule has 3 amide bonds. The Labute approximate surface area is 344 Å². The highest BCUT2D eigenvalue weighted by molar-refractivity contribution is 6.21. The molecule has 17 nitrogen and oxygen atoms in total. The normalized spacial score (nSPS) is 21.9. The van der Waals surface area contributed by atoms with Gasteiger partial charge in [0.05, 0.1) is 12.8 Å². The molecular formula is C41H44ClN3O14. The van der Waals surface area contributed by atoms with Crippen molar-refractivity contribution in [2.45, 2.75) is 81.8 Å². The maximum atomic E-state index is 13.3. The van der Waals surface area contributed by atoms with Crippen molar-refractivity contribution in [3.8, 4) is 16.9 Å². The van der Waals surface area contributed by atoms with Gasteiger partial charge in [-0.1, -0.05) is 66.2 Å². The second-order valence-corrected chi connectivity index (χ2v) is 14.4. The smallest absolute Gasteiger partial charge is 0.411 e. The predicted octanol–water partition coefficient (Wildman–Crippen LogP) is 4.35. The van der Waals surface area contributed by atoms with Crippen LogP contribution in [0.25, 0.3) is 11.1 Å². The average molecular weight is 838 g/mol. The van der Waals surface area contributed by atoms with E-state index in [1.165, 1.54) is 23.1 Å². The first-order valence-corrected chi connectivity index (χ1v) is 19.3. The summed E-state index contributed by atoms with van der Waals surface area (Å²) in [6.45, 7) is 2.28. The van der Waals surface area contributed by atoms with E-state index in [1.54, 1.807) is 0 Å². The first-order chi connectivity index (χ1) is 28.3. The molecule has 0 radical (unpaired) electrons. The van der Waals surface area contributed by atoms with Gasteiger partial charge in [-0.05, 0) is 52.8 Å². The number of likely N-dealkylation sites (tertiary alicyclic amines) is 1. The largest absolute Gasteiger partial charge is 0.467 e. The summed E-state index contributed by atoms with van der Waals surface area (Å²) in [5.74, 6) is -3.60. The maximum Gasteiger partial charge on any atom is 0.411 e. The lowest BCUT2D eigenvalue weighted by atomic mass is 9.98. The highest BCUT2D eigenvalue weighted by Crippen LogP contribution is 2.44. The summed E-state index contributed by atoms with van der Waals surface area (Å²) >= 11 is 6.23. The number of hydrogen-bond donors (Lipinski definition) is 3. The van der Waals surface area contributed by atoms with E-state index in [0.717, 1.165) is 49.6 Å². The summed E-state index contributed by atoms with van der Waals surface area (Å²) < 4.78 is 38.1. The average Bonchev–Trinajstić information content (AvgIpc) is 3.79. The van der Waals surface area contributed by atoms with Gasteiger partial charge in [-0.25, -0.2) is 14.4 Å². The van der Waals surface area contributed by atoms with Gasteiger partial charge in [0.25, 0.3) is 0 Å². The van der Waals surface area contributed by atoms with Crippen molar-refractivity contribution in [3.05, 3.63) is 83.4 Å². The minimum atomic E-state index is -1.83. The molecule has 0 bridgehead atoms. The molecule has 1 unspecified atom stereocenters. The van der Waals surface area contributed by atoms with Gasteiger partial charge in [0.1, 0.15) is 30.6 Å². The number of nitrogens with zero attached hydrogens (tertiary/aromatic N) is 1. The molecule has 0 saturated carbocycles. The van der Waals surface area contributed by atoms with Crippen molar-refractivity contribution >= 4 is 53.3 Å². The molecule has 2 heterocycles. The number of methoxy groups -OCH3 is 1. The summed E-state index contributed by atoms with van der Waals surface area (Å²) in [6.07, 6.45) is -8.77. The summed E-state index contributed by atoms with van der Waals surface area (Å²) in [7, 11) is 1.05. The van der Waals surface area contributed by atoms with E-state index >= 15 is 0 Å². The van der Waals surface area contributed by atoms with E-state index in [-0.39, 0.29) is 43.5 Å². The molecule has 3 N–H and O–H groups in total. The number of esters is 3.